The summed E-state index contributed by atoms with van der Waals surface area (Å²) in [5, 5.41) is 3.92. The minimum atomic E-state index is -0.173. The highest BCUT2D eigenvalue weighted by molar-refractivity contribution is 7.80. The quantitative estimate of drug-likeness (QED) is 0.626. The lowest BCUT2D eigenvalue weighted by Gasteiger charge is -2.12. The van der Waals surface area contributed by atoms with Crippen LogP contribution in [-0.2, 0) is 11.4 Å². The van der Waals surface area contributed by atoms with Gasteiger partial charge in [0.25, 0.3) is 5.91 Å². The van der Waals surface area contributed by atoms with E-state index in [0.717, 1.165) is 11.1 Å². The number of halogens is 1. The first kappa shape index (κ1) is 18.2. The van der Waals surface area contributed by atoms with Gasteiger partial charge in [0.1, 0.15) is 12.3 Å². The number of likely N-dealkylation sites (N-methyl/N-ethyl adjacent to an activating group) is 1. The van der Waals surface area contributed by atoms with Crippen molar-refractivity contribution in [2.45, 2.75) is 6.61 Å². The molecule has 0 radical (unpaired) electrons. The van der Waals surface area contributed by atoms with Gasteiger partial charge in [-0.15, -0.1) is 0 Å². The summed E-state index contributed by atoms with van der Waals surface area (Å²) in [4.78, 5) is 13.5. The molecule has 134 valence electrons. The van der Waals surface area contributed by atoms with Gasteiger partial charge in [-0.05, 0) is 42.1 Å². The number of amides is 1. The van der Waals surface area contributed by atoms with Crippen LogP contribution in [0, 0.1) is 0 Å². The molecule has 1 aliphatic heterocycles. The molecule has 26 heavy (non-hydrogen) atoms. The van der Waals surface area contributed by atoms with E-state index >= 15 is 0 Å². The Morgan fingerprint density at radius 3 is 2.65 bits per heavy atom. The Balaban J connectivity index is 1.79. The van der Waals surface area contributed by atoms with Crippen molar-refractivity contribution >= 4 is 40.9 Å². The third-order valence-corrected chi connectivity index (χ3v) is 4.67. The number of rotatable bonds is 5. The van der Waals surface area contributed by atoms with E-state index in [1.54, 1.807) is 32.4 Å². The Morgan fingerprint density at radius 2 is 2.00 bits per heavy atom. The third kappa shape index (κ3) is 3.81. The summed E-state index contributed by atoms with van der Waals surface area (Å²) < 4.78 is 11.2. The number of thiocarbonyl (C=S) groups is 1. The number of benzene rings is 2. The number of methoxy groups -OCH3 is 1. The molecule has 1 saturated heterocycles. The maximum Gasteiger partial charge on any atom is 0.276 e. The van der Waals surface area contributed by atoms with Crippen LogP contribution in [0.25, 0.3) is 6.08 Å². The lowest BCUT2D eigenvalue weighted by molar-refractivity contribution is -0.121. The number of carbonyl (C=O) groups excluding carboxylic acids is 1. The monoisotopic (exact) mass is 388 g/mol. The number of nitrogens with zero attached hydrogens (tertiary/aromatic N) is 1. The summed E-state index contributed by atoms with van der Waals surface area (Å²) in [6.07, 6.45) is 1.72. The standard InChI is InChI=1S/C19H17ClN2O3S/c1-22-18(23)15(21-19(22)26)9-12-7-8-16(17(10-12)24-2)25-11-13-5-3-4-6-14(13)20/h3-10H,11H2,1-2H3,(H,21,26). The minimum absolute atomic E-state index is 0.173. The lowest BCUT2D eigenvalue weighted by atomic mass is 10.1. The van der Waals surface area contributed by atoms with Crippen LogP contribution in [0.1, 0.15) is 11.1 Å². The zero-order valence-corrected chi connectivity index (χ0v) is 15.9. The number of ether oxygens (including phenoxy) is 2. The molecule has 0 aliphatic carbocycles. The van der Waals surface area contributed by atoms with Gasteiger partial charge >= 0.3 is 0 Å². The van der Waals surface area contributed by atoms with Gasteiger partial charge in [-0.2, -0.15) is 0 Å². The number of hydrogen-bond acceptors (Lipinski definition) is 4. The van der Waals surface area contributed by atoms with Crippen molar-refractivity contribution in [2.24, 2.45) is 0 Å². The van der Waals surface area contributed by atoms with Crippen LogP contribution >= 0.6 is 23.8 Å². The predicted molar refractivity (Wildman–Crippen MR) is 105 cm³/mol. The number of nitrogens with one attached hydrogen (secondary N) is 1. The van der Waals surface area contributed by atoms with Crippen molar-refractivity contribution in [3.8, 4) is 11.5 Å². The van der Waals surface area contributed by atoms with Crippen LogP contribution in [0.4, 0.5) is 0 Å². The van der Waals surface area contributed by atoms with Crippen molar-refractivity contribution < 1.29 is 14.3 Å². The van der Waals surface area contributed by atoms with Crippen molar-refractivity contribution in [1.82, 2.24) is 10.2 Å². The zero-order valence-electron chi connectivity index (χ0n) is 14.3. The predicted octanol–water partition coefficient (Wildman–Crippen LogP) is 3.62. The molecule has 5 nitrogen and oxygen atoms in total. The van der Waals surface area contributed by atoms with Gasteiger partial charge in [-0.25, -0.2) is 0 Å². The smallest absolute Gasteiger partial charge is 0.276 e. The summed E-state index contributed by atoms with van der Waals surface area (Å²) in [6.45, 7) is 0.329. The minimum Gasteiger partial charge on any atom is -0.493 e. The molecule has 3 rings (SSSR count). The van der Waals surface area contributed by atoms with Crippen LogP contribution in [0.5, 0.6) is 11.5 Å². The van der Waals surface area contributed by atoms with Gasteiger partial charge in [0.05, 0.1) is 7.11 Å². The molecule has 1 N–H and O–H groups in total. The van der Waals surface area contributed by atoms with Crippen molar-refractivity contribution in [1.29, 1.82) is 0 Å². The van der Waals surface area contributed by atoms with E-state index in [1.165, 1.54) is 4.90 Å². The highest BCUT2D eigenvalue weighted by Gasteiger charge is 2.26. The Labute approximate surface area is 162 Å². The second-order valence-electron chi connectivity index (χ2n) is 5.64. The molecule has 7 heteroatoms. The van der Waals surface area contributed by atoms with Crippen LogP contribution in [0.2, 0.25) is 5.02 Å². The Hall–Kier alpha value is -2.57. The molecule has 0 saturated carbocycles. The van der Waals surface area contributed by atoms with Crippen molar-refractivity contribution in [2.75, 3.05) is 14.2 Å². The molecule has 1 aliphatic rings. The fourth-order valence-electron chi connectivity index (χ4n) is 2.45. The lowest BCUT2D eigenvalue weighted by Crippen LogP contribution is -2.25. The van der Waals surface area contributed by atoms with Crippen molar-refractivity contribution in [3.63, 3.8) is 0 Å². The highest BCUT2D eigenvalue weighted by Crippen LogP contribution is 2.30. The molecule has 0 atom stereocenters. The molecular weight excluding hydrogens is 372 g/mol. The van der Waals surface area contributed by atoms with Gasteiger partial charge in [0.15, 0.2) is 16.6 Å². The number of carbonyl (C=O) groups is 1. The summed E-state index contributed by atoms with van der Waals surface area (Å²) in [5.74, 6) is 0.980. The van der Waals surface area contributed by atoms with Crippen LogP contribution in [0.3, 0.4) is 0 Å². The van der Waals surface area contributed by atoms with Gasteiger partial charge < -0.3 is 14.8 Å². The first-order valence-corrected chi connectivity index (χ1v) is 8.63. The van der Waals surface area contributed by atoms with E-state index in [-0.39, 0.29) is 5.91 Å². The third-order valence-electron chi connectivity index (χ3n) is 3.92. The molecule has 0 spiro atoms. The summed E-state index contributed by atoms with van der Waals surface area (Å²) in [7, 11) is 3.20. The molecule has 0 unspecified atom stereocenters. The number of hydrogen-bond donors (Lipinski definition) is 1. The molecule has 0 aromatic heterocycles. The van der Waals surface area contributed by atoms with Gasteiger partial charge in [0.2, 0.25) is 0 Å². The average molecular weight is 389 g/mol. The molecular formula is C19H17ClN2O3S. The molecule has 2 aromatic rings. The van der Waals surface area contributed by atoms with Gasteiger partial charge in [0, 0.05) is 17.6 Å². The Morgan fingerprint density at radius 1 is 1.23 bits per heavy atom. The van der Waals surface area contributed by atoms with Crippen LogP contribution in [-0.4, -0.2) is 30.1 Å². The van der Waals surface area contributed by atoms with E-state index in [2.05, 4.69) is 5.32 Å². The molecule has 1 amide bonds. The first-order chi connectivity index (χ1) is 12.5. The van der Waals surface area contributed by atoms with Crippen LogP contribution in [0.15, 0.2) is 48.2 Å². The maximum absolute atomic E-state index is 12.1. The van der Waals surface area contributed by atoms with E-state index in [4.69, 9.17) is 33.3 Å². The molecule has 0 bridgehead atoms. The molecule has 1 heterocycles. The second-order valence-corrected chi connectivity index (χ2v) is 6.44. The summed E-state index contributed by atoms with van der Waals surface area (Å²) in [5.41, 5.74) is 2.10. The zero-order chi connectivity index (χ0) is 18.7. The van der Waals surface area contributed by atoms with E-state index in [9.17, 15) is 4.79 Å². The largest absolute Gasteiger partial charge is 0.493 e. The van der Waals surface area contributed by atoms with Crippen LogP contribution < -0.4 is 14.8 Å². The maximum atomic E-state index is 12.1. The highest BCUT2D eigenvalue weighted by atomic mass is 35.5. The van der Waals surface area contributed by atoms with Gasteiger partial charge in [-0.3, -0.25) is 9.69 Å². The summed E-state index contributed by atoms with van der Waals surface area (Å²) in [6, 6.07) is 12.9. The van der Waals surface area contributed by atoms with E-state index in [0.29, 0.717) is 33.9 Å². The second kappa shape index (κ2) is 7.76. The van der Waals surface area contributed by atoms with E-state index < -0.39 is 0 Å². The van der Waals surface area contributed by atoms with Crippen molar-refractivity contribution in [3.05, 3.63) is 64.3 Å². The topological polar surface area (TPSA) is 50.8 Å². The SMILES string of the molecule is COc1cc(C=C2NC(=S)N(C)C2=O)ccc1OCc1ccccc1Cl. The first-order valence-electron chi connectivity index (χ1n) is 7.84. The normalized spacial score (nSPS) is 15.3. The molecule has 2 aromatic carbocycles. The fraction of sp³-hybridized carbons (Fsp3) is 0.158. The summed E-state index contributed by atoms with van der Waals surface area (Å²) >= 11 is 11.2. The van der Waals surface area contributed by atoms with Gasteiger partial charge in [-0.1, -0.05) is 35.9 Å². The Bertz CT molecular complexity index is 898. The Kier molecular flexibility index (Phi) is 5.44. The molecule has 1 fully saturated rings. The average Bonchev–Trinajstić information content (AvgIpc) is 2.88. The van der Waals surface area contributed by atoms with E-state index in [1.807, 2.05) is 30.3 Å². The fourth-order valence-corrected chi connectivity index (χ4v) is 2.84.